The molecule has 1 rings (SSSR count). The van der Waals surface area contributed by atoms with Crippen molar-refractivity contribution < 1.29 is 4.74 Å². The molecule has 0 saturated heterocycles. The third kappa shape index (κ3) is 2.91. The van der Waals surface area contributed by atoms with Crippen LogP contribution in [-0.2, 0) is 6.42 Å². The van der Waals surface area contributed by atoms with Crippen LogP contribution in [0.5, 0.6) is 5.75 Å². The molecule has 0 aliphatic carbocycles. The zero-order chi connectivity index (χ0) is 10.4. The zero-order valence-corrected chi connectivity index (χ0v) is 9.60. The third-order valence-electron chi connectivity index (χ3n) is 2.33. The Hall–Kier alpha value is -0.690. The van der Waals surface area contributed by atoms with Gasteiger partial charge in [0.2, 0.25) is 0 Å². The SMILES string of the molecule is CCCCCc1c(Cl)cccc1OC. The Kier molecular flexibility index (Phi) is 4.81. The highest BCUT2D eigenvalue weighted by atomic mass is 35.5. The third-order valence-corrected chi connectivity index (χ3v) is 2.68. The van der Waals surface area contributed by atoms with E-state index in [2.05, 4.69) is 6.92 Å². The molecule has 0 radical (unpaired) electrons. The maximum absolute atomic E-state index is 6.11. The van der Waals surface area contributed by atoms with Crippen LogP contribution in [0.15, 0.2) is 18.2 Å². The van der Waals surface area contributed by atoms with Gasteiger partial charge in [-0.3, -0.25) is 0 Å². The standard InChI is InChI=1S/C12H17ClO/c1-3-4-5-7-10-11(13)8-6-9-12(10)14-2/h6,8-9H,3-5,7H2,1-2H3. The van der Waals surface area contributed by atoms with Gasteiger partial charge in [-0.05, 0) is 25.0 Å². The maximum Gasteiger partial charge on any atom is 0.123 e. The van der Waals surface area contributed by atoms with Gasteiger partial charge in [-0.25, -0.2) is 0 Å². The van der Waals surface area contributed by atoms with Gasteiger partial charge in [0.25, 0.3) is 0 Å². The number of methoxy groups -OCH3 is 1. The van der Waals surface area contributed by atoms with E-state index in [9.17, 15) is 0 Å². The molecule has 0 heterocycles. The fraction of sp³-hybridized carbons (Fsp3) is 0.500. The summed E-state index contributed by atoms with van der Waals surface area (Å²) in [6.45, 7) is 2.20. The minimum Gasteiger partial charge on any atom is -0.496 e. The first-order chi connectivity index (χ1) is 6.79. The Morgan fingerprint density at radius 2 is 2.07 bits per heavy atom. The van der Waals surface area contributed by atoms with Gasteiger partial charge in [0, 0.05) is 10.6 Å². The fourth-order valence-corrected chi connectivity index (χ4v) is 1.78. The average molecular weight is 213 g/mol. The fourth-order valence-electron chi connectivity index (χ4n) is 1.52. The van der Waals surface area contributed by atoms with Gasteiger partial charge < -0.3 is 4.74 Å². The first-order valence-electron chi connectivity index (χ1n) is 5.11. The largest absolute Gasteiger partial charge is 0.496 e. The quantitative estimate of drug-likeness (QED) is 0.669. The Balaban J connectivity index is 2.72. The Bertz CT molecular complexity index is 284. The van der Waals surface area contributed by atoms with Gasteiger partial charge in [0.1, 0.15) is 5.75 Å². The summed E-state index contributed by atoms with van der Waals surface area (Å²) in [7, 11) is 1.69. The van der Waals surface area contributed by atoms with E-state index in [1.165, 1.54) is 19.3 Å². The molecule has 2 heteroatoms. The van der Waals surface area contributed by atoms with Crippen molar-refractivity contribution in [3.8, 4) is 5.75 Å². The predicted octanol–water partition coefficient (Wildman–Crippen LogP) is 4.08. The van der Waals surface area contributed by atoms with Crippen molar-refractivity contribution in [3.05, 3.63) is 28.8 Å². The topological polar surface area (TPSA) is 9.23 Å². The average Bonchev–Trinajstić information content (AvgIpc) is 2.20. The summed E-state index contributed by atoms with van der Waals surface area (Å²) in [5.74, 6) is 0.911. The summed E-state index contributed by atoms with van der Waals surface area (Å²) in [4.78, 5) is 0. The zero-order valence-electron chi connectivity index (χ0n) is 8.85. The number of benzene rings is 1. The van der Waals surface area contributed by atoms with Crippen LogP contribution < -0.4 is 4.74 Å². The van der Waals surface area contributed by atoms with Crippen LogP contribution in [0.3, 0.4) is 0 Å². The van der Waals surface area contributed by atoms with E-state index in [4.69, 9.17) is 16.3 Å². The molecular formula is C12H17ClO. The van der Waals surface area contributed by atoms with Crippen molar-refractivity contribution in [1.29, 1.82) is 0 Å². The first kappa shape index (κ1) is 11.4. The number of ether oxygens (including phenoxy) is 1. The molecule has 1 aromatic rings. The van der Waals surface area contributed by atoms with Crippen LogP contribution in [0.1, 0.15) is 31.7 Å². The summed E-state index contributed by atoms with van der Waals surface area (Å²) in [5.41, 5.74) is 1.14. The van der Waals surface area contributed by atoms with Crippen LogP contribution >= 0.6 is 11.6 Å². The minimum absolute atomic E-state index is 0.820. The lowest BCUT2D eigenvalue weighted by molar-refractivity contribution is 0.409. The molecule has 1 nitrogen and oxygen atoms in total. The van der Waals surface area contributed by atoms with Crippen LogP contribution in [0.4, 0.5) is 0 Å². The van der Waals surface area contributed by atoms with E-state index in [-0.39, 0.29) is 0 Å². The van der Waals surface area contributed by atoms with E-state index >= 15 is 0 Å². The predicted molar refractivity (Wildman–Crippen MR) is 61.2 cm³/mol. The second kappa shape index (κ2) is 5.92. The molecule has 0 bridgehead atoms. The molecule has 0 fully saturated rings. The lowest BCUT2D eigenvalue weighted by Gasteiger charge is -2.09. The van der Waals surface area contributed by atoms with E-state index < -0.39 is 0 Å². The highest BCUT2D eigenvalue weighted by Gasteiger charge is 2.06. The second-order valence-electron chi connectivity index (χ2n) is 3.38. The van der Waals surface area contributed by atoms with Gasteiger partial charge in [0.05, 0.1) is 7.11 Å². The summed E-state index contributed by atoms with van der Waals surface area (Å²) >= 11 is 6.11. The van der Waals surface area contributed by atoms with Gasteiger partial charge in [0.15, 0.2) is 0 Å². The molecular weight excluding hydrogens is 196 g/mol. The van der Waals surface area contributed by atoms with Crippen LogP contribution in [0.2, 0.25) is 5.02 Å². The van der Waals surface area contributed by atoms with Gasteiger partial charge >= 0.3 is 0 Å². The highest BCUT2D eigenvalue weighted by Crippen LogP contribution is 2.27. The van der Waals surface area contributed by atoms with Gasteiger partial charge in [-0.2, -0.15) is 0 Å². The first-order valence-corrected chi connectivity index (χ1v) is 5.48. The molecule has 0 aliphatic heterocycles. The second-order valence-corrected chi connectivity index (χ2v) is 3.78. The molecule has 0 saturated carbocycles. The van der Waals surface area contributed by atoms with E-state index in [0.717, 1.165) is 22.8 Å². The van der Waals surface area contributed by atoms with E-state index in [1.807, 2.05) is 18.2 Å². The number of halogens is 1. The van der Waals surface area contributed by atoms with E-state index in [0.29, 0.717) is 0 Å². The Morgan fingerprint density at radius 3 is 2.71 bits per heavy atom. The van der Waals surface area contributed by atoms with Crippen molar-refractivity contribution in [1.82, 2.24) is 0 Å². The maximum atomic E-state index is 6.11. The molecule has 0 atom stereocenters. The van der Waals surface area contributed by atoms with Crippen molar-refractivity contribution in [2.24, 2.45) is 0 Å². The normalized spacial score (nSPS) is 10.2. The molecule has 78 valence electrons. The van der Waals surface area contributed by atoms with Gasteiger partial charge in [-0.15, -0.1) is 0 Å². The molecule has 1 aromatic carbocycles. The number of hydrogen-bond donors (Lipinski definition) is 0. The van der Waals surface area contributed by atoms with Gasteiger partial charge in [-0.1, -0.05) is 37.4 Å². The lowest BCUT2D eigenvalue weighted by atomic mass is 10.1. The monoisotopic (exact) mass is 212 g/mol. The summed E-state index contributed by atoms with van der Waals surface area (Å²) < 4.78 is 5.27. The number of unbranched alkanes of at least 4 members (excludes halogenated alkanes) is 2. The molecule has 0 aliphatic rings. The van der Waals surface area contributed by atoms with Crippen molar-refractivity contribution in [3.63, 3.8) is 0 Å². The molecule has 0 aromatic heterocycles. The van der Waals surface area contributed by atoms with Crippen LogP contribution in [0, 0.1) is 0 Å². The van der Waals surface area contributed by atoms with E-state index in [1.54, 1.807) is 7.11 Å². The highest BCUT2D eigenvalue weighted by molar-refractivity contribution is 6.31. The summed E-state index contributed by atoms with van der Waals surface area (Å²) in [6, 6.07) is 5.81. The lowest BCUT2D eigenvalue weighted by Crippen LogP contribution is -1.93. The molecule has 0 unspecified atom stereocenters. The molecule has 0 N–H and O–H groups in total. The Labute approximate surface area is 91.0 Å². The van der Waals surface area contributed by atoms with Crippen molar-refractivity contribution in [2.45, 2.75) is 32.6 Å². The van der Waals surface area contributed by atoms with Crippen LogP contribution in [0.25, 0.3) is 0 Å². The smallest absolute Gasteiger partial charge is 0.123 e. The molecule has 0 amide bonds. The number of hydrogen-bond acceptors (Lipinski definition) is 1. The number of rotatable bonds is 5. The Morgan fingerprint density at radius 1 is 1.29 bits per heavy atom. The summed E-state index contributed by atoms with van der Waals surface area (Å²) in [6.07, 6.45) is 4.66. The van der Waals surface area contributed by atoms with Crippen molar-refractivity contribution in [2.75, 3.05) is 7.11 Å². The molecule has 0 spiro atoms. The molecule has 14 heavy (non-hydrogen) atoms. The van der Waals surface area contributed by atoms with Crippen molar-refractivity contribution >= 4 is 11.6 Å². The minimum atomic E-state index is 0.820. The van der Waals surface area contributed by atoms with Crippen LogP contribution in [-0.4, -0.2) is 7.11 Å². The summed E-state index contributed by atoms with van der Waals surface area (Å²) in [5, 5.41) is 0.820.